The molecule has 1 aliphatic rings. The van der Waals surface area contributed by atoms with Crippen LogP contribution in [-0.4, -0.2) is 22.4 Å². The molecule has 0 spiro atoms. The number of hydrogen-bond acceptors (Lipinski definition) is 4. The second-order valence-electron chi connectivity index (χ2n) is 4.67. The molecule has 0 fully saturated rings. The normalized spacial score (nSPS) is 16.8. The summed E-state index contributed by atoms with van der Waals surface area (Å²) < 4.78 is 17.8. The van der Waals surface area contributed by atoms with Gasteiger partial charge in [-0.2, -0.15) is 0 Å². The van der Waals surface area contributed by atoms with Crippen LogP contribution in [0.2, 0.25) is 0 Å². The maximum Gasteiger partial charge on any atom is 0.237 e. The van der Waals surface area contributed by atoms with Gasteiger partial charge in [0.2, 0.25) is 5.78 Å². The van der Waals surface area contributed by atoms with Crippen molar-refractivity contribution in [2.75, 3.05) is 6.61 Å². The monoisotopic (exact) mass is 304 g/mol. The molecule has 0 amide bonds. The van der Waals surface area contributed by atoms with Crippen molar-refractivity contribution in [3.05, 3.63) is 52.1 Å². The highest BCUT2D eigenvalue weighted by Crippen LogP contribution is 2.26. The molecule has 0 radical (unpaired) electrons. The first kappa shape index (κ1) is 15.4. The van der Waals surface area contributed by atoms with Gasteiger partial charge in [0.05, 0.1) is 17.4 Å². The van der Waals surface area contributed by atoms with Crippen LogP contribution in [0.4, 0.5) is 0 Å². The molecule has 0 unspecified atom stereocenters. The number of allylic oxidation sites excluding steroid dienone is 3. The van der Waals surface area contributed by atoms with Crippen LogP contribution in [0.1, 0.15) is 19.4 Å². The maximum atomic E-state index is 12.6. The number of carbonyl (C=O) groups is 2. The molecule has 110 valence electrons. The fourth-order valence-electron chi connectivity index (χ4n) is 1.95. The van der Waals surface area contributed by atoms with Gasteiger partial charge in [0.15, 0.2) is 11.5 Å². The van der Waals surface area contributed by atoms with E-state index in [9.17, 15) is 13.8 Å². The molecule has 0 bridgehead atoms. The van der Waals surface area contributed by atoms with E-state index in [2.05, 4.69) is 0 Å². The fourth-order valence-corrected chi connectivity index (χ4v) is 3.22. The zero-order valence-corrected chi connectivity index (χ0v) is 13.0. The molecule has 0 N–H and O–H groups in total. The fraction of sp³-hybridized carbons (Fsp3) is 0.250. The molecule has 0 saturated carbocycles. The van der Waals surface area contributed by atoms with Gasteiger partial charge in [-0.15, -0.1) is 0 Å². The molecular weight excluding hydrogens is 288 g/mol. The molecule has 0 saturated heterocycles. The second kappa shape index (κ2) is 6.18. The highest BCUT2D eigenvalue weighted by molar-refractivity contribution is 7.90. The highest BCUT2D eigenvalue weighted by Gasteiger charge is 2.31. The van der Waals surface area contributed by atoms with Crippen molar-refractivity contribution in [3.63, 3.8) is 0 Å². The first-order valence-electron chi connectivity index (χ1n) is 6.58. The largest absolute Gasteiger partial charge is 0.490 e. The van der Waals surface area contributed by atoms with Crippen molar-refractivity contribution >= 4 is 22.4 Å². The SMILES string of the molecule is CCOC1=CC(=O)C(C)=C([S@@](=O)c2ccc(C)cc2)C1=O. The Morgan fingerprint density at radius 3 is 2.29 bits per heavy atom. The van der Waals surface area contributed by atoms with Gasteiger partial charge in [-0.3, -0.25) is 9.59 Å². The van der Waals surface area contributed by atoms with E-state index in [4.69, 9.17) is 4.74 Å². The Bertz CT molecular complexity index is 681. The summed E-state index contributed by atoms with van der Waals surface area (Å²) in [6.45, 7) is 5.43. The van der Waals surface area contributed by atoms with Crippen molar-refractivity contribution in [3.8, 4) is 0 Å². The molecule has 0 aliphatic heterocycles. The third-order valence-electron chi connectivity index (χ3n) is 3.12. The molecule has 1 aromatic rings. The quantitative estimate of drug-likeness (QED) is 0.802. The molecule has 0 aromatic heterocycles. The van der Waals surface area contributed by atoms with E-state index in [-0.39, 0.29) is 28.6 Å². The zero-order chi connectivity index (χ0) is 15.6. The molecule has 2 rings (SSSR count). The number of hydrogen-bond donors (Lipinski definition) is 0. The number of ether oxygens (including phenoxy) is 1. The molecule has 5 heteroatoms. The standard InChI is InChI=1S/C16H16O4S/c1-4-20-14-9-13(17)11(3)16(15(14)18)21(19)12-7-5-10(2)6-8-12/h5-9H,4H2,1-3H3/t21-/m0/s1. The van der Waals surface area contributed by atoms with Crippen LogP contribution in [0.3, 0.4) is 0 Å². The maximum absolute atomic E-state index is 12.6. The van der Waals surface area contributed by atoms with Crippen molar-refractivity contribution < 1.29 is 18.5 Å². The number of carbonyl (C=O) groups excluding carboxylic acids is 2. The first-order chi connectivity index (χ1) is 9.95. The molecular formula is C16H16O4S. The number of rotatable bonds is 4. The molecule has 1 atom stereocenters. The van der Waals surface area contributed by atoms with Crippen molar-refractivity contribution in [2.45, 2.75) is 25.7 Å². The highest BCUT2D eigenvalue weighted by atomic mass is 32.2. The van der Waals surface area contributed by atoms with Crippen LogP contribution >= 0.6 is 0 Å². The third-order valence-corrected chi connectivity index (χ3v) is 4.69. The lowest BCUT2D eigenvalue weighted by Crippen LogP contribution is -2.22. The Labute approximate surface area is 126 Å². The summed E-state index contributed by atoms with van der Waals surface area (Å²) in [5.74, 6) is -0.857. The van der Waals surface area contributed by atoms with E-state index in [0.29, 0.717) is 4.90 Å². The lowest BCUT2D eigenvalue weighted by Gasteiger charge is -2.16. The Morgan fingerprint density at radius 1 is 1.10 bits per heavy atom. The van der Waals surface area contributed by atoms with Crippen LogP contribution in [0.15, 0.2) is 51.5 Å². The minimum Gasteiger partial charge on any atom is -0.490 e. The predicted molar refractivity (Wildman–Crippen MR) is 80.0 cm³/mol. The predicted octanol–water partition coefficient (Wildman–Crippen LogP) is 2.45. The van der Waals surface area contributed by atoms with Crippen LogP contribution in [-0.2, 0) is 25.1 Å². The van der Waals surface area contributed by atoms with E-state index < -0.39 is 16.6 Å². The molecule has 1 aliphatic carbocycles. The van der Waals surface area contributed by atoms with Gasteiger partial charge in [0, 0.05) is 16.5 Å². The minimum atomic E-state index is -1.69. The summed E-state index contributed by atoms with van der Waals surface area (Å²) in [5, 5.41) is 0. The van der Waals surface area contributed by atoms with E-state index >= 15 is 0 Å². The van der Waals surface area contributed by atoms with Gasteiger partial charge in [0.25, 0.3) is 0 Å². The average Bonchev–Trinajstić information content (AvgIpc) is 2.46. The topological polar surface area (TPSA) is 60.4 Å². The first-order valence-corrected chi connectivity index (χ1v) is 7.73. The lowest BCUT2D eigenvalue weighted by atomic mass is 10.0. The number of benzene rings is 1. The van der Waals surface area contributed by atoms with Gasteiger partial charge < -0.3 is 4.74 Å². The Hall–Kier alpha value is -2.01. The van der Waals surface area contributed by atoms with E-state index in [1.54, 1.807) is 19.1 Å². The van der Waals surface area contributed by atoms with Gasteiger partial charge in [-0.1, -0.05) is 17.7 Å². The Balaban J connectivity index is 2.43. The van der Waals surface area contributed by atoms with E-state index in [0.717, 1.165) is 11.6 Å². The molecule has 4 nitrogen and oxygen atoms in total. The summed E-state index contributed by atoms with van der Waals surface area (Å²) >= 11 is 0. The van der Waals surface area contributed by atoms with Gasteiger partial charge >= 0.3 is 0 Å². The molecule has 1 aromatic carbocycles. The summed E-state index contributed by atoms with van der Waals surface area (Å²) in [7, 11) is -1.69. The second-order valence-corrected chi connectivity index (χ2v) is 6.09. The number of Topliss-reactive ketones (excluding diaryl/α,β-unsaturated/α-hetero) is 1. The van der Waals surface area contributed by atoms with Gasteiger partial charge in [-0.25, -0.2) is 4.21 Å². The Kier molecular flexibility index (Phi) is 4.53. The number of ketones is 2. The van der Waals surface area contributed by atoms with Crippen LogP contribution < -0.4 is 0 Å². The van der Waals surface area contributed by atoms with E-state index in [1.807, 2.05) is 19.1 Å². The summed E-state index contributed by atoms with van der Waals surface area (Å²) in [5.41, 5.74) is 1.24. The summed E-state index contributed by atoms with van der Waals surface area (Å²) in [4.78, 5) is 24.8. The smallest absolute Gasteiger partial charge is 0.237 e. The van der Waals surface area contributed by atoms with Crippen LogP contribution in [0.5, 0.6) is 0 Å². The summed E-state index contributed by atoms with van der Waals surface area (Å²) in [6, 6.07) is 7.03. The van der Waals surface area contributed by atoms with Crippen molar-refractivity contribution in [1.82, 2.24) is 0 Å². The average molecular weight is 304 g/mol. The molecule has 0 heterocycles. The van der Waals surface area contributed by atoms with Gasteiger partial charge in [-0.05, 0) is 32.9 Å². The zero-order valence-electron chi connectivity index (χ0n) is 12.1. The summed E-state index contributed by atoms with van der Waals surface area (Å²) in [6.07, 6.45) is 1.16. The van der Waals surface area contributed by atoms with E-state index in [1.165, 1.54) is 6.92 Å². The van der Waals surface area contributed by atoms with Crippen LogP contribution in [0, 0.1) is 6.92 Å². The van der Waals surface area contributed by atoms with Crippen molar-refractivity contribution in [1.29, 1.82) is 0 Å². The third kappa shape index (κ3) is 3.03. The molecule has 21 heavy (non-hydrogen) atoms. The number of aryl methyl sites for hydroxylation is 1. The Morgan fingerprint density at radius 2 is 1.71 bits per heavy atom. The lowest BCUT2D eigenvalue weighted by molar-refractivity contribution is -0.117. The minimum absolute atomic E-state index is 0.00908. The van der Waals surface area contributed by atoms with Crippen molar-refractivity contribution in [2.24, 2.45) is 0 Å². The van der Waals surface area contributed by atoms with Crippen LogP contribution in [0.25, 0.3) is 0 Å². The van der Waals surface area contributed by atoms with Gasteiger partial charge in [0.1, 0.15) is 4.91 Å².